The van der Waals surface area contributed by atoms with Crippen molar-refractivity contribution in [3.8, 4) is 0 Å². The Morgan fingerprint density at radius 2 is 1.88 bits per heavy atom. The van der Waals surface area contributed by atoms with Crippen molar-refractivity contribution in [2.45, 2.75) is 13.1 Å². The van der Waals surface area contributed by atoms with Crippen molar-refractivity contribution >= 4 is 11.7 Å². The molecule has 16 heavy (non-hydrogen) atoms. The first-order valence-corrected chi connectivity index (χ1v) is 4.59. The summed E-state index contributed by atoms with van der Waals surface area (Å²) in [7, 11) is 0. The summed E-state index contributed by atoms with van der Waals surface area (Å²) in [6, 6.07) is 4.19. The van der Waals surface area contributed by atoms with Crippen LogP contribution in [0.2, 0.25) is 0 Å². The summed E-state index contributed by atoms with van der Waals surface area (Å²) < 4.78 is 41.4. The monoisotopic (exact) mass is 232 g/mol. The highest BCUT2D eigenvalue weighted by Crippen LogP contribution is 2.29. The number of halogens is 3. The van der Waals surface area contributed by atoms with Crippen LogP contribution in [0.5, 0.6) is 0 Å². The number of hydrogen-bond acceptors (Lipinski definition) is 2. The van der Waals surface area contributed by atoms with Gasteiger partial charge in [-0.05, 0) is 31.2 Å². The van der Waals surface area contributed by atoms with Crippen molar-refractivity contribution in [2.75, 3.05) is 11.9 Å². The number of hydrogen-bond donors (Lipinski definition) is 2. The maximum Gasteiger partial charge on any atom is 0.416 e. The summed E-state index contributed by atoms with van der Waals surface area (Å²) >= 11 is 0. The van der Waals surface area contributed by atoms with E-state index in [1.165, 1.54) is 12.1 Å². The summed E-state index contributed by atoms with van der Waals surface area (Å²) in [6.45, 7) is 2.04. The van der Waals surface area contributed by atoms with Crippen LogP contribution in [0.4, 0.5) is 18.9 Å². The van der Waals surface area contributed by atoms with Crippen LogP contribution in [-0.2, 0) is 10.9 Å². The van der Waals surface area contributed by atoms with Crippen molar-refractivity contribution in [2.24, 2.45) is 0 Å². The Morgan fingerprint density at radius 3 is 2.31 bits per heavy atom. The first-order chi connectivity index (χ1) is 7.43. The predicted octanol–water partition coefficient (Wildman–Crippen LogP) is 3.09. The maximum absolute atomic E-state index is 12.2. The lowest BCUT2D eigenvalue weighted by Gasteiger charge is -2.09. The molecule has 0 atom stereocenters. The molecule has 1 rings (SSSR count). The van der Waals surface area contributed by atoms with Crippen molar-refractivity contribution in [3.05, 3.63) is 29.8 Å². The Balaban J connectivity index is 2.69. The van der Waals surface area contributed by atoms with Crippen LogP contribution in [0.3, 0.4) is 0 Å². The molecule has 0 aliphatic heterocycles. The van der Waals surface area contributed by atoms with Gasteiger partial charge in [0.25, 0.3) is 6.02 Å². The van der Waals surface area contributed by atoms with Crippen LogP contribution in [0.1, 0.15) is 12.5 Å². The van der Waals surface area contributed by atoms with Crippen LogP contribution >= 0.6 is 0 Å². The van der Waals surface area contributed by atoms with Gasteiger partial charge in [-0.2, -0.15) is 13.2 Å². The molecule has 1 aromatic rings. The van der Waals surface area contributed by atoms with E-state index in [4.69, 9.17) is 10.1 Å². The minimum atomic E-state index is -4.34. The third-order valence-electron chi connectivity index (χ3n) is 1.76. The molecule has 6 heteroatoms. The van der Waals surface area contributed by atoms with Gasteiger partial charge in [0, 0.05) is 5.69 Å². The first-order valence-electron chi connectivity index (χ1n) is 4.59. The van der Waals surface area contributed by atoms with Crippen LogP contribution < -0.4 is 5.32 Å². The molecule has 0 aliphatic rings. The molecular formula is C10H11F3N2O. The molecule has 0 bridgehead atoms. The molecule has 88 valence electrons. The molecule has 0 aromatic heterocycles. The number of ether oxygens (including phenoxy) is 1. The summed E-state index contributed by atoms with van der Waals surface area (Å²) in [6.07, 6.45) is -4.34. The van der Waals surface area contributed by atoms with E-state index in [0.717, 1.165) is 12.1 Å². The fourth-order valence-electron chi connectivity index (χ4n) is 1.05. The van der Waals surface area contributed by atoms with Crippen LogP contribution in [0, 0.1) is 5.41 Å². The third kappa shape index (κ3) is 3.45. The lowest BCUT2D eigenvalue weighted by atomic mass is 10.2. The van der Waals surface area contributed by atoms with Crippen LogP contribution in [0.15, 0.2) is 24.3 Å². The molecule has 1 aromatic carbocycles. The first kappa shape index (κ1) is 12.4. The minimum Gasteiger partial charge on any atom is -0.466 e. The van der Waals surface area contributed by atoms with Crippen LogP contribution in [0.25, 0.3) is 0 Å². The summed E-state index contributed by atoms with van der Waals surface area (Å²) in [5.74, 6) is 0. The molecule has 0 heterocycles. The van der Waals surface area contributed by atoms with Gasteiger partial charge < -0.3 is 10.1 Å². The molecule has 0 amide bonds. The van der Waals surface area contributed by atoms with E-state index < -0.39 is 11.7 Å². The average molecular weight is 232 g/mol. The average Bonchev–Trinajstić information content (AvgIpc) is 2.17. The smallest absolute Gasteiger partial charge is 0.416 e. The summed E-state index contributed by atoms with van der Waals surface area (Å²) in [4.78, 5) is 0. The van der Waals surface area contributed by atoms with E-state index in [-0.39, 0.29) is 6.02 Å². The molecule has 0 saturated heterocycles. The SMILES string of the molecule is CCOC(=N)Nc1ccc(C(F)(F)F)cc1. The lowest BCUT2D eigenvalue weighted by molar-refractivity contribution is -0.137. The Hall–Kier alpha value is -1.72. The summed E-state index contributed by atoms with van der Waals surface area (Å²) in [5, 5.41) is 9.76. The fourth-order valence-corrected chi connectivity index (χ4v) is 1.05. The van der Waals surface area contributed by atoms with Crippen molar-refractivity contribution < 1.29 is 17.9 Å². The molecule has 0 unspecified atom stereocenters. The number of amidine groups is 1. The topological polar surface area (TPSA) is 45.1 Å². The van der Waals surface area contributed by atoms with Gasteiger partial charge in [0.05, 0.1) is 12.2 Å². The molecule has 0 radical (unpaired) electrons. The van der Waals surface area contributed by atoms with Gasteiger partial charge in [0.2, 0.25) is 0 Å². The second kappa shape index (κ2) is 4.87. The van der Waals surface area contributed by atoms with Crippen molar-refractivity contribution in [3.63, 3.8) is 0 Å². The highest BCUT2D eigenvalue weighted by molar-refractivity contribution is 5.86. The highest BCUT2D eigenvalue weighted by Gasteiger charge is 2.29. The maximum atomic E-state index is 12.2. The van der Waals surface area contributed by atoms with Crippen molar-refractivity contribution in [1.29, 1.82) is 5.41 Å². The number of anilines is 1. The molecule has 0 spiro atoms. The van der Waals surface area contributed by atoms with Gasteiger partial charge in [-0.1, -0.05) is 0 Å². The van der Waals surface area contributed by atoms with Gasteiger partial charge in [0.15, 0.2) is 0 Å². The zero-order chi connectivity index (χ0) is 12.2. The number of rotatable bonds is 2. The van der Waals surface area contributed by atoms with E-state index in [9.17, 15) is 13.2 Å². The van der Waals surface area contributed by atoms with Gasteiger partial charge in [-0.15, -0.1) is 0 Å². The Labute approximate surface area is 90.7 Å². The number of nitrogens with one attached hydrogen (secondary N) is 2. The normalized spacial score (nSPS) is 11.0. The minimum absolute atomic E-state index is 0.192. The molecule has 0 aliphatic carbocycles. The standard InChI is InChI=1S/C10H11F3N2O/c1-2-16-9(14)15-8-5-3-7(4-6-8)10(11,12)13/h3-6H,2H2,1H3,(H2,14,15). The largest absolute Gasteiger partial charge is 0.466 e. The number of benzene rings is 1. The van der Waals surface area contributed by atoms with Gasteiger partial charge in [-0.3, -0.25) is 5.41 Å². The highest BCUT2D eigenvalue weighted by atomic mass is 19.4. The summed E-state index contributed by atoms with van der Waals surface area (Å²) in [5.41, 5.74) is -0.340. The lowest BCUT2D eigenvalue weighted by Crippen LogP contribution is -2.14. The predicted molar refractivity (Wildman–Crippen MR) is 54.4 cm³/mol. The quantitative estimate of drug-likeness (QED) is 0.608. The Kier molecular flexibility index (Phi) is 3.76. The fraction of sp³-hybridized carbons (Fsp3) is 0.300. The second-order valence-electron chi connectivity index (χ2n) is 2.96. The van der Waals surface area contributed by atoms with Gasteiger partial charge in [-0.25, -0.2) is 0 Å². The van der Waals surface area contributed by atoms with Crippen molar-refractivity contribution in [1.82, 2.24) is 0 Å². The van der Waals surface area contributed by atoms with E-state index in [1.807, 2.05) is 0 Å². The molecule has 3 nitrogen and oxygen atoms in total. The molecular weight excluding hydrogens is 221 g/mol. The number of alkyl halides is 3. The second-order valence-corrected chi connectivity index (χ2v) is 2.96. The van der Waals surface area contributed by atoms with Gasteiger partial charge >= 0.3 is 6.18 Å². The third-order valence-corrected chi connectivity index (χ3v) is 1.76. The molecule has 0 saturated carbocycles. The zero-order valence-corrected chi connectivity index (χ0v) is 8.56. The molecule has 2 N–H and O–H groups in total. The zero-order valence-electron chi connectivity index (χ0n) is 8.56. The van der Waals surface area contributed by atoms with E-state index >= 15 is 0 Å². The van der Waals surface area contributed by atoms with E-state index in [1.54, 1.807) is 6.92 Å². The Morgan fingerprint density at radius 1 is 1.31 bits per heavy atom. The Bertz CT molecular complexity index is 359. The van der Waals surface area contributed by atoms with E-state index in [2.05, 4.69) is 5.32 Å². The van der Waals surface area contributed by atoms with Crippen LogP contribution in [-0.4, -0.2) is 12.6 Å². The molecule has 0 fully saturated rings. The van der Waals surface area contributed by atoms with E-state index in [0.29, 0.717) is 12.3 Å². The van der Waals surface area contributed by atoms with Gasteiger partial charge in [0.1, 0.15) is 0 Å².